The van der Waals surface area contributed by atoms with Crippen molar-refractivity contribution in [3.8, 4) is 0 Å². The Hall–Kier alpha value is -2.93. The highest BCUT2D eigenvalue weighted by atomic mass is 16.2. The Bertz CT molecular complexity index is 990. The van der Waals surface area contributed by atoms with E-state index < -0.39 is 0 Å². The zero-order chi connectivity index (χ0) is 22.5. The van der Waals surface area contributed by atoms with E-state index in [1.54, 1.807) is 12.3 Å². The lowest BCUT2D eigenvalue weighted by Gasteiger charge is -2.34. The van der Waals surface area contributed by atoms with E-state index in [2.05, 4.69) is 29.0 Å². The third-order valence-corrected chi connectivity index (χ3v) is 6.49. The van der Waals surface area contributed by atoms with Crippen LogP contribution in [0.4, 0.5) is 5.69 Å². The molecule has 0 saturated carbocycles. The van der Waals surface area contributed by atoms with Crippen LogP contribution >= 0.6 is 0 Å². The number of aromatic nitrogens is 2. The molecular weight excluding hydrogens is 402 g/mol. The summed E-state index contributed by atoms with van der Waals surface area (Å²) in [4.78, 5) is 34.6. The van der Waals surface area contributed by atoms with Crippen molar-refractivity contribution in [2.45, 2.75) is 52.1 Å². The molecule has 2 amide bonds. The van der Waals surface area contributed by atoms with Gasteiger partial charge in [-0.15, -0.1) is 0 Å². The maximum absolute atomic E-state index is 13.1. The van der Waals surface area contributed by atoms with Gasteiger partial charge in [-0.3, -0.25) is 14.5 Å². The van der Waals surface area contributed by atoms with Crippen molar-refractivity contribution in [1.29, 1.82) is 0 Å². The fraction of sp³-hybridized carbons (Fsp3) is 0.480. The summed E-state index contributed by atoms with van der Waals surface area (Å²) in [6.45, 7) is 8.22. The number of rotatable bonds is 7. The predicted octanol–water partition coefficient (Wildman–Crippen LogP) is 3.64. The number of carbonyl (C=O) groups is 2. The van der Waals surface area contributed by atoms with Crippen LogP contribution in [0.1, 0.15) is 61.0 Å². The third kappa shape index (κ3) is 4.78. The summed E-state index contributed by atoms with van der Waals surface area (Å²) in [6, 6.07) is 7.89. The molecule has 1 atom stereocenters. The van der Waals surface area contributed by atoms with Crippen LogP contribution in [0.5, 0.6) is 0 Å². The molecule has 0 aliphatic carbocycles. The number of imidazole rings is 1. The van der Waals surface area contributed by atoms with Crippen LogP contribution in [0.15, 0.2) is 42.6 Å². The highest BCUT2D eigenvalue weighted by Gasteiger charge is 2.31. The minimum Gasteiger partial charge on any atom is -0.330 e. The second-order valence-electron chi connectivity index (χ2n) is 8.59. The molecule has 1 unspecified atom stereocenters. The Labute approximate surface area is 190 Å². The van der Waals surface area contributed by atoms with Gasteiger partial charge in [0, 0.05) is 24.9 Å². The Morgan fingerprint density at radius 1 is 1.19 bits per heavy atom. The average Bonchev–Trinajstić information content (AvgIpc) is 3.48. The molecule has 1 saturated heterocycles. The minimum atomic E-state index is -0.159. The van der Waals surface area contributed by atoms with Crippen molar-refractivity contribution in [3.63, 3.8) is 0 Å². The van der Waals surface area contributed by atoms with Gasteiger partial charge in [0.25, 0.3) is 5.91 Å². The fourth-order valence-electron chi connectivity index (χ4n) is 4.65. The quantitative estimate of drug-likeness (QED) is 0.674. The van der Waals surface area contributed by atoms with Crippen LogP contribution in [0.3, 0.4) is 0 Å². The molecule has 1 aromatic carbocycles. The summed E-state index contributed by atoms with van der Waals surface area (Å²) >= 11 is 0. The summed E-state index contributed by atoms with van der Waals surface area (Å²) in [5, 5.41) is 3.05. The van der Waals surface area contributed by atoms with Gasteiger partial charge >= 0.3 is 0 Å². The van der Waals surface area contributed by atoms with E-state index >= 15 is 0 Å². The highest BCUT2D eigenvalue weighted by Crippen LogP contribution is 2.27. The lowest BCUT2D eigenvalue weighted by molar-refractivity contribution is -0.128. The molecule has 4 rings (SSSR count). The number of hydrogen-bond acceptors (Lipinski definition) is 4. The number of nitrogens with zero attached hydrogens (tertiary/aromatic N) is 4. The summed E-state index contributed by atoms with van der Waals surface area (Å²) < 4.78 is 2.02. The van der Waals surface area contributed by atoms with E-state index in [1.165, 1.54) is 12.8 Å². The molecule has 1 aromatic heterocycles. The first-order valence-electron chi connectivity index (χ1n) is 11.7. The predicted molar refractivity (Wildman–Crippen MR) is 126 cm³/mol. The first-order valence-corrected chi connectivity index (χ1v) is 11.7. The Morgan fingerprint density at radius 3 is 2.72 bits per heavy atom. The fourth-order valence-corrected chi connectivity index (χ4v) is 4.65. The lowest BCUT2D eigenvalue weighted by Crippen LogP contribution is -2.41. The molecule has 170 valence electrons. The smallest absolute Gasteiger partial charge is 0.273 e. The molecule has 0 spiro atoms. The van der Waals surface area contributed by atoms with Crippen molar-refractivity contribution in [3.05, 3.63) is 59.7 Å². The van der Waals surface area contributed by atoms with Crippen molar-refractivity contribution >= 4 is 17.5 Å². The number of amides is 2. The average molecular weight is 436 g/mol. The number of aryl methyl sites for hydroxylation is 1. The second kappa shape index (κ2) is 10.1. The zero-order valence-corrected chi connectivity index (χ0v) is 19.1. The van der Waals surface area contributed by atoms with Crippen molar-refractivity contribution in [2.75, 3.05) is 31.5 Å². The van der Waals surface area contributed by atoms with Gasteiger partial charge in [0.15, 0.2) is 0 Å². The Balaban J connectivity index is 1.46. The monoisotopic (exact) mass is 435 g/mol. The van der Waals surface area contributed by atoms with Gasteiger partial charge in [-0.1, -0.05) is 38.1 Å². The number of nitrogens with one attached hydrogen (secondary N) is 1. The van der Waals surface area contributed by atoms with Crippen LogP contribution in [-0.4, -0.2) is 57.3 Å². The molecule has 0 bridgehead atoms. The topological polar surface area (TPSA) is 70.5 Å². The molecule has 0 radical (unpaired) electrons. The molecule has 2 aromatic rings. The van der Waals surface area contributed by atoms with Gasteiger partial charge in [-0.05, 0) is 50.4 Å². The summed E-state index contributed by atoms with van der Waals surface area (Å²) in [5.41, 5.74) is 2.48. The maximum Gasteiger partial charge on any atom is 0.273 e. The Kier molecular flexibility index (Phi) is 7.05. The van der Waals surface area contributed by atoms with Gasteiger partial charge in [0.2, 0.25) is 5.91 Å². The molecule has 3 heterocycles. The zero-order valence-electron chi connectivity index (χ0n) is 19.1. The van der Waals surface area contributed by atoms with E-state index in [1.807, 2.05) is 39.8 Å². The standard InChI is InChI=1S/C25H33N5O2/c1-3-19-10-5-6-11-21(19)27-25(32)22-16-26-23-18-29(17-20(4-2)30(22)23)24(31)12-9-15-28-13-7-8-14-28/h5-6,9-12,16,20H,3-4,7-8,13-15,17-18H2,1-2H3,(H,27,32)/b12-9+. The van der Waals surface area contributed by atoms with Gasteiger partial charge < -0.3 is 14.8 Å². The summed E-state index contributed by atoms with van der Waals surface area (Å²) in [7, 11) is 0. The second-order valence-corrected chi connectivity index (χ2v) is 8.59. The van der Waals surface area contributed by atoms with E-state index in [-0.39, 0.29) is 17.9 Å². The van der Waals surface area contributed by atoms with Gasteiger partial charge in [0.1, 0.15) is 11.5 Å². The number of hydrogen-bond donors (Lipinski definition) is 1. The van der Waals surface area contributed by atoms with Crippen LogP contribution in [0, 0.1) is 0 Å². The van der Waals surface area contributed by atoms with Gasteiger partial charge in [-0.25, -0.2) is 4.98 Å². The molecule has 1 fully saturated rings. The number of likely N-dealkylation sites (tertiary alicyclic amines) is 1. The molecule has 32 heavy (non-hydrogen) atoms. The number of benzene rings is 1. The van der Waals surface area contributed by atoms with Crippen molar-refractivity contribution < 1.29 is 9.59 Å². The molecule has 1 N–H and O–H groups in total. The summed E-state index contributed by atoms with van der Waals surface area (Å²) in [6.07, 6.45) is 9.46. The van der Waals surface area contributed by atoms with Crippen LogP contribution < -0.4 is 5.32 Å². The lowest BCUT2D eigenvalue weighted by atomic mass is 10.1. The molecule has 2 aliphatic rings. The highest BCUT2D eigenvalue weighted by molar-refractivity contribution is 6.03. The first-order chi connectivity index (χ1) is 15.6. The molecule has 7 heteroatoms. The number of anilines is 1. The number of carbonyl (C=O) groups excluding carboxylic acids is 2. The van der Waals surface area contributed by atoms with Crippen molar-refractivity contribution in [2.24, 2.45) is 0 Å². The van der Waals surface area contributed by atoms with E-state index in [0.29, 0.717) is 18.8 Å². The minimum absolute atomic E-state index is 0.0137. The van der Waals surface area contributed by atoms with Crippen LogP contribution in [0.25, 0.3) is 0 Å². The van der Waals surface area contributed by atoms with Gasteiger partial charge in [0.05, 0.1) is 18.8 Å². The molecule has 7 nitrogen and oxygen atoms in total. The van der Waals surface area contributed by atoms with Crippen LogP contribution in [0.2, 0.25) is 0 Å². The number of para-hydroxylation sites is 1. The number of fused-ring (bicyclic) bond motifs is 1. The van der Waals surface area contributed by atoms with E-state index in [4.69, 9.17) is 0 Å². The molecule has 2 aliphatic heterocycles. The van der Waals surface area contributed by atoms with Crippen molar-refractivity contribution in [1.82, 2.24) is 19.4 Å². The van der Waals surface area contributed by atoms with Gasteiger partial charge in [-0.2, -0.15) is 0 Å². The largest absolute Gasteiger partial charge is 0.330 e. The normalized spacial score (nSPS) is 18.8. The third-order valence-electron chi connectivity index (χ3n) is 6.49. The maximum atomic E-state index is 13.1. The SMILES string of the molecule is CCc1ccccc1NC(=O)c1cnc2n1C(CC)CN(C(=O)/C=C/CN1CCCC1)C2. The van der Waals surface area contributed by atoms with E-state index in [0.717, 1.165) is 49.6 Å². The van der Waals surface area contributed by atoms with Crippen LogP contribution in [-0.2, 0) is 17.8 Å². The molecular formula is C25H33N5O2. The van der Waals surface area contributed by atoms with E-state index in [9.17, 15) is 9.59 Å². The first kappa shape index (κ1) is 22.3. The summed E-state index contributed by atoms with van der Waals surface area (Å²) in [5.74, 6) is 0.617. The Morgan fingerprint density at radius 2 is 1.97 bits per heavy atom.